The van der Waals surface area contributed by atoms with Gasteiger partial charge in [-0.3, -0.25) is 4.79 Å². The number of carbonyl (C=O) groups is 2. The Bertz CT molecular complexity index is 480. The summed E-state index contributed by atoms with van der Waals surface area (Å²) in [6, 6.07) is 4.22. The Kier molecular flexibility index (Phi) is 8.67. The minimum Gasteiger partial charge on any atom is -0.508 e. The lowest BCUT2D eigenvalue weighted by molar-refractivity contribution is 0.0520. The summed E-state index contributed by atoms with van der Waals surface area (Å²) >= 11 is 0. The minimum atomic E-state index is -0.549. The minimum absolute atomic E-state index is 0.00803. The number of aldehydes is 1. The number of rotatable bonds is 5. The fourth-order valence-corrected chi connectivity index (χ4v) is 1.39. The number of hydrogen-bond acceptors (Lipinski definition) is 5. The van der Waals surface area contributed by atoms with E-state index in [2.05, 4.69) is 5.32 Å². The van der Waals surface area contributed by atoms with Gasteiger partial charge in [-0.25, -0.2) is 4.79 Å². The summed E-state index contributed by atoms with van der Waals surface area (Å²) in [6.07, 6.45) is 0.0681. The molecule has 1 aromatic carbocycles. The summed E-state index contributed by atoms with van der Waals surface area (Å²) in [5.74, 6) is 0.343. The summed E-state index contributed by atoms with van der Waals surface area (Å²) in [5, 5.41) is 11.8. The molecule has 124 valence electrons. The number of phenolic OH excluding ortho intramolecular Hbond substituents is 1. The number of carbonyl (C=O) groups excluding carboxylic acids is 2. The van der Waals surface area contributed by atoms with Crippen LogP contribution in [0.5, 0.6) is 11.5 Å². The second-order valence-corrected chi connectivity index (χ2v) is 5.12. The Balaban J connectivity index is 0.00000211. The van der Waals surface area contributed by atoms with Crippen molar-refractivity contribution in [2.45, 2.75) is 40.2 Å². The maximum atomic E-state index is 11.4. The third-order valence-electron chi connectivity index (χ3n) is 2.15. The monoisotopic (exact) mass is 311 g/mol. The van der Waals surface area contributed by atoms with Crippen LogP contribution in [0.2, 0.25) is 0 Å². The van der Waals surface area contributed by atoms with E-state index in [-0.39, 0.29) is 24.5 Å². The van der Waals surface area contributed by atoms with Crippen molar-refractivity contribution in [3.05, 3.63) is 23.8 Å². The zero-order chi connectivity index (χ0) is 17.2. The summed E-state index contributed by atoms with van der Waals surface area (Å²) in [7, 11) is 0. The Labute approximate surface area is 131 Å². The Morgan fingerprint density at radius 3 is 2.50 bits per heavy atom. The van der Waals surface area contributed by atoms with Crippen molar-refractivity contribution in [1.82, 2.24) is 5.32 Å². The van der Waals surface area contributed by atoms with Crippen molar-refractivity contribution in [3.8, 4) is 11.5 Å². The molecule has 0 unspecified atom stereocenters. The summed E-state index contributed by atoms with van der Waals surface area (Å²) in [4.78, 5) is 22.2. The van der Waals surface area contributed by atoms with Gasteiger partial charge < -0.3 is 19.9 Å². The standard InChI is InChI=1S/C14H19NO5.C2H6/c1-14(2,3)20-13(18)15-6-7-19-12-5-4-11(17)8-10(12)9-16;1-2/h4-5,8-9,17H,6-7H2,1-3H3,(H,15,18);1-2H3. The van der Waals surface area contributed by atoms with E-state index >= 15 is 0 Å². The molecular weight excluding hydrogens is 286 g/mol. The normalized spacial score (nSPS) is 10.0. The number of aromatic hydroxyl groups is 1. The van der Waals surface area contributed by atoms with Gasteiger partial charge in [0.25, 0.3) is 0 Å². The maximum Gasteiger partial charge on any atom is 0.407 e. The van der Waals surface area contributed by atoms with Gasteiger partial charge in [0.15, 0.2) is 6.29 Å². The molecule has 0 spiro atoms. The topological polar surface area (TPSA) is 84.9 Å². The van der Waals surface area contributed by atoms with Crippen molar-refractivity contribution in [1.29, 1.82) is 0 Å². The van der Waals surface area contributed by atoms with Crippen LogP contribution in [-0.4, -0.2) is 36.2 Å². The number of amides is 1. The van der Waals surface area contributed by atoms with Crippen LogP contribution in [0.15, 0.2) is 18.2 Å². The van der Waals surface area contributed by atoms with Gasteiger partial charge in [-0.1, -0.05) is 13.8 Å². The lowest BCUT2D eigenvalue weighted by atomic mass is 10.2. The molecule has 2 N–H and O–H groups in total. The van der Waals surface area contributed by atoms with Gasteiger partial charge in [0.1, 0.15) is 23.7 Å². The highest BCUT2D eigenvalue weighted by Gasteiger charge is 2.15. The molecule has 0 heterocycles. The molecule has 6 heteroatoms. The zero-order valence-electron chi connectivity index (χ0n) is 13.8. The van der Waals surface area contributed by atoms with E-state index in [0.717, 1.165) is 0 Å². The van der Waals surface area contributed by atoms with Crippen molar-refractivity contribution >= 4 is 12.4 Å². The first-order chi connectivity index (χ1) is 10.3. The predicted octanol–water partition coefficient (Wildman–Crippen LogP) is 3.13. The summed E-state index contributed by atoms with van der Waals surface area (Å²) in [6.45, 7) is 9.75. The van der Waals surface area contributed by atoms with Crippen molar-refractivity contribution in [2.24, 2.45) is 0 Å². The van der Waals surface area contributed by atoms with E-state index < -0.39 is 11.7 Å². The fourth-order valence-electron chi connectivity index (χ4n) is 1.39. The van der Waals surface area contributed by atoms with Gasteiger partial charge in [-0.05, 0) is 39.0 Å². The lowest BCUT2D eigenvalue weighted by Crippen LogP contribution is -2.34. The molecule has 1 rings (SSSR count). The van der Waals surface area contributed by atoms with Gasteiger partial charge in [-0.2, -0.15) is 0 Å². The molecule has 0 aromatic heterocycles. The van der Waals surface area contributed by atoms with Crippen molar-refractivity contribution in [2.75, 3.05) is 13.2 Å². The Morgan fingerprint density at radius 2 is 1.95 bits per heavy atom. The Hall–Kier alpha value is -2.24. The van der Waals surface area contributed by atoms with Crippen molar-refractivity contribution < 1.29 is 24.2 Å². The number of alkyl carbamates (subject to hydrolysis) is 1. The number of ether oxygens (including phenoxy) is 2. The second kappa shape index (κ2) is 9.65. The lowest BCUT2D eigenvalue weighted by Gasteiger charge is -2.19. The van der Waals surface area contributed by atoms with Gasteiger partial charge in [0.2, 0.25) is 0 Å². The number of nitrogens with one attached hydrogen (secondary N) is 1. The van der Waals surface area contributed by atoms with Crippen LogP contribution in [0, 0.1) is 0 Å². The molecule has 22 heavy (non-hydrogen) atoms. The molecule has 0 bridgehead atoms. The fraction of sp³-hybridized carbons (Fsp3) is 0.500. The maximum absolute atomic E-state index is 11.4. The van der Waals surface area contributed by atoms with E-state index in [9.17, 15) is 14.7 Å². The van der Waals surface area contributed by atoms with E-state index in [4.69, 9.17) is 9.47 Å². The average Bonchev–Trinajstić information content (AvgIpc) is 2.45. The van der Waals surface area contributed by atoms with Gasteiger partial charge in [0, 0.05) is 0 Å². The van der Waals surface area contributed by atoms with E-state index in [1.165, 1.54) is 18.2 Å². The van der Waals surface area contributed by atoms with Crippen molar-refractivity contribution in [3.63, 3.8) is 0 Å². The molecule has 0 fully saturated rings. The average molecular weight is 311 g/mol. The van der Waals surface area contributed by atoms with Crippen LogP contribution in [-0.2, 0) is 4.74 Å². The summed E-state index contributed by atoms with van der Waals surface area (Å²) in [5.41, 5.74) is -0.297. The van der Waals surface area contributed by atoms with Crippen LogP contribution in [0.1, 0.15) is 45.0 Å². The summed E-state index contributed by atoms with van der Waals surface area (Å²) < 4.78 is 10.4. The molecule has 0 saturated heterocycles. The molecule has 1 aromatic rings. The predicted molar refractivity (Wildman–Crippen MR) is 84.6 cm³/mol. The van der Waals surface area contributed by atoms with Gasteiger partial charge >= 0.3 is 6.09 Å². The molecule has 0 aliphatic heterocycles. The second-order valence-electron chi connectivity index (χ2n) is 5.12. The van der Waals surface area contributed by atoms with Crippen LogP contribution in [0.3, 0.4) is 0 Å². The van der Waals surface area contributed by atoms with Gasteiger partial charge in [-0.15, -0.1) is 0 Å². The van der Waals surface area contributed by atoms with Gasteiger partial charge in [0.05, 0.1) is 12.1 Å². The first-order valence-electron chi connectivity index (χ1n) is 7.19. The molecular formula is C16H25NO5. The van der Waals surface area contributed by atoms with E-state index in [1.807, 2.05) is 13.8 Å². The van der Waals surface area contributed by atoms with E-state index in [0.29, 0.717) is 12.0 Å². The quantitative estimate of drug-likeness (QED) is 0.644. The SMILES string of the molecule is CC.CC(C)(C)OC(=O)NCCOc1ccc(O)cc1C=O. The third kappa shape index (κ3) is 8.14. The molecule has 0 radical (unpaired) electrons. The van der Waals surface area contributed by atoms with Crippen LogP contribution in [0.4, 0.5) is 4.79 Å². The number of benzene rings is 1. The molecule has 1 amide bonds. The first-order valence-corrected chi connectivity index (χ1v) is 7.19. The molecule has 6 nitrogen and oxygen atoms in total. The number of phenols is 1. The molecule has 0 atom stereocenters. The first kappa shape index (κ1) is 19.8. The van der Waals surface area contributed by atoms with E-state index in [1.54, 1.807) is 20.8 Å². The third-order valence-corrected chi connectivity index (χ3v) is 2.15. The Morgan fingerprint density at radius 1 is 1.32 bits per heavy atom. The highest BCUT2D eigenvalue weighted by molar-refractivity contribution is 5.80. The molecule has 0 aliphatic rings. The van der Waals surface area contributed by atoms with Crippen LogP contribution in [0.25, 0.3) is 0 Å². The smallest absolute Gasteiger partial charge is 0.407 e. The van der Waals surface area contributed by atoms with Crippen LogP contribution >= 0.6 is 0 Å². The highest BCUT2D eigenvalue weighted by Crippen LogP contribution is 2.21. The molecule has 0 saturated carbocycles. The van der Waals surface area contributed by atoms with Crippen LogP contribution < -0.4 is 10.1 Å². The molecule has 0 aliphatic carbocycles. The largest absolute Gasteiger partial charge is 0.508 e. The zero-order valence-corrected chi connectivity index (χ0v) is 13.8. The highest BCUT2D eigenvalue weighted by atomic mass is 16.6. The number of hydrogen-bond donors (Lipinski definition) is 2.